The topological polar surface area (TPSA) is 103 Å². The molecule has 0 spiro atoms. The summed E-state index contributed by atoms with van der Waals surface area (Å²) in [5.41, 5.74) is 0.442. The molecule has 1 aromatic rings. The second-order valence-corrected chi connectivity index (χ2v) is 5.77. The molecule has 1 amide bonds. The van der Waals surface area contributed by atoms with Gasteiger partial charge in [-0.15, -0.1) is 12.4 Å². The number of carbonyl (C=O) groups is 1. The Morgan fingerprint density at radius 1 is 1.28 bits per heavy atom. The van der Waals surface area contributed by atoms with Crippen molar-refractivity contribution >= 4 is 24.0 Å². The van der Waals surface area contributed by atoms with Crippen LogP contribution >= 0.6 is 12.4 Å². The lowest BCUT2D eigenvalue weighted by Gasteiger charge is -2.11. The van der Waals surface area contributed by atoms with Crippen LogP contribution in [0.15, 0.2) is 12.1 Å². The van der Waals surface area contributed by atoms with Crippen LogP contribution in [0.3, 0.4) is 0 Å². The number of nitro groups is 1. The number of hydrogen-bond donors (Lipinski definition) is 2. The smallest absolute Gasteiger partial charge is 0.276 e. The van der Waals surface area contributed by atoms with E-state index in [1.165, 1.54) is 33.1 Å². The number of rotatable bonds is 10. The summed E-state index contributed by atoms with van der Waals surface area (Å²) < 4.78 is 10.3. The first-order valence-corrected chi connectivity index (χ1v) is 7.91. The molecule has 1 aliphatic rings. The summed E-state index contributed by atoms with van der Waals surface area (Å²) in [6.45, 7) is 1.46. The highest BCUT2D eigenvalue weighted by molar-refractivity contribution is 5.85. The molecule has 0 aromatic heterocycles. The van der Waals surface area contributed by atoms with Crippen LogP contribution in [0, 0.1) is 16.0 Å². The molecule has 1 fully saturated rings. The van der Waals surface area contributed by atoms with E-state index in [1.54, 1.807) is 6.07 Å². The highest BCUT2D eigenvalue weighted by Gasteiger charge is 2.21. The average molecular weight is 374 g/mol. The van der Waals surface area contributed by atoms with Crippen molar-refractivity contribution in [2.24, 2.45) is 5.92 Å². The molecule has 8 nitrogen and oxygen atoms in total. The van der Waals surface area contributed by atoms with Gasteiger partial charge in [0.25, 0.3) is 5.69 Å². The largest absolute Gasteiger partial charge is 0.493 e. The summed E-state index contributed by atoms with van der Waals surface area (Å²) in [5.74, 6) is 1.34. The predicted molar refractivity (Wildman–Crippen MR) is 95.8 cm³/mol. The van der Waals surface area contributed by atoms with Crippen molar-refractivity contribution in [3.8, 4) is 11.5 Å². The molecule has 25 heavy (non-hydrogen) atoms. The maximum absolute atomic E-state index is 11.7. The van der Waals surface area contributed by atoms with Crippen LogP contribution in [0.4, 0.5) is 5.69 Å². The first-order chi connectivity index (χ1) is 11.5. The third kappa shape index (κ3) is 6.39. The molecule has 0 bridgehead atoms. The normalized spacial score (nSPS) is 12.9. The third-order valence-corrected chi connectivity index (χ3v) is 3.91. The number of nitro benzene ring substituents is 1. The van der Waals surface area contributed by atoms with Gasteiger partial charge in [0.15, 0.2) is 11.5 Å². The SMILES string of the molecule is COc1cc(CCNC(=O)CNCC2CC2)c([N+](=O)[O-])cc1OC.Cl. The Morgan fingerprint density at radius 3 is 2.48 bits per heavy atom. The molecule has 0 aliphatic heterocycles. The van der Waals surface area contributed by atoms with E-state index in [-0.39, 0.29) is 30.5 Å². The summed E-state index contributed by atoms with van der Waals surface area (Å²) in [7, 11) is 2.90. The van der Waals surface area contributed by atoms with Gasteiger partial charge < -0.3 is 20.1 Å². The summed E-state index contributed by atoms with van der Waals surface area (Å²) in [6.07, 6.45) is 2.81. The molecular weight excluding hydrogens is 350 g/mol. The van der Waals surface area contributed by atoms with E-state index in [0.717, 1.165) is 6.54 Å². The van der Waals surface area contributed by atoms with Gasteiger partial charge in [-0.05, 0) is 37.8 Å². The zero-order chi connectivity index (χ0) is 17.5. The van der Waals surface area contributed by atoms with Gasteiger partial charge >= 0.3 is 0 Å². The molecule has 1 saturated carbocycles. The van der Waals surface area contributed by atoms with Crippen molar-refractivity contribution in [1.82, 2.24) is 10.6 Å². The fourth-order valence-corrected chi connectivity index (χ4v) is 2.39. The summed E-state index contributed by atoms with van der Waals surface area (Å²) in [4.78, 5) is 22.5. The molecule has 9 heteroatoms. The first-order valence-electron chi connectivity index (χ1n) is 7.91. The Balaban J connectivity index is 0.00000312. The van der Waals surface area contributed by atoms with Gasteiger partial charge in [0.2, 0.25) is 5.91 Å². The summed E-state index contributed by atoms with van der Waals surface area (Å²) in [6, 6.07) is 2.92. The third-order valence-electron chi connectivity index (χ3n) is 3.91. The van der Waals surface area contributed by atoms with E-state index < -0.39 is 4.92 Å². The quantitative estimate of drug-likeness (QED) is 0.478. The standard InChI is InChI=1S/C16H23N3O5.ClH/c1-23-14-7-12(13(19(21)22)8-15(14)24-2)5-6-18-16(20)10-17-9-11-3-4-11;/h7-8,11,17H,3-6,9-10H2,1-2H3,(H,18,20);1H. The van der Waals surface area contributed by atoms with Gasteiger partial charge in [-0.25, -0.2) is 0 Å². The minimum absolute atomic E-state index is 0. The predicted octanol–water partition coefficient (Wildman–Crippen LogP) is 1.69. The fraction of sp³-hybridized carbons (Fsp3) is 0.562. The summed E-state index contributed by atoms with van der Waals surface area (Å²) >= 11 is 0. The van der Waals surface area contributed by atoms with Crippen molar-refractivity contribution in [1.29, 1.82) is 0 Å². The van der Waals surface area contributed by atoms with E-state index in [1.807, 2.05) is 0 Å². The first kappa shape index (κ1) is 21.0. The Hall–Kier alpha value is -2.06. The Bertz CT molecular complexity index is 608. The second kappa shape index (κ2) is 10.0. The number of amides is 1. The molecule has 140 valence electrons. The molecule has 0 atom stereocenters. The zero-order valence-corrected chi connectivity index (χ0v) is 15.2. The van der Waals surface area contributed by atoms with E-state index >= 15 is 0 Å². The minimum atomic E-state index is -0.462. The van der Waals surface area contributed by atoms with Crippen molar-refractivity contribution in [2.45, 2.75) is 19.3 Å². The minimum Gasteiger partial charge on any atom is -0.493 e. The van der Waals surface area contributed by atoms with E-state index in [4.69, 9.17) is 9.47 Å². The number of ether oxygens (including phenoxy) is 2. The number of nitrogens with one attached hydrogen (secondary N) is 2. The lowest BCUT2D eigenvalue weighted by molar-refractivity contribution is -0.385. The average Bonchev–Trinajstić information content (AvgIpc) is 3.38. The lowest BCUT2D eigenvalue weighted by atomic mass is 10.1. The van der Waals surface area contributed by atoms with Crippen LogP contribution in [0.1, 0.15) is 18.4 Å². The fourth-order valence-electron chi connectivity index (χ4n) is 2.39. The number of carbonyl (C=O) groups excluding carboxylic acids is 1. The maximum atomic E-state index is 11.7. The number of benzene rings is 1. The molecule has 2 rings (SSSR count). The Morgan fingerprint density at radius 2 is 1.92 bits per heavy atom. The van der Waals surface area contributed by atoms with Gasteiger partial charge in [0, 0.05) is 12.1 Å². The van der Waals surface area contributed by atoms with Gasteiger partial charge in [-0.2, -0.15) is 0 Å². The van der Waals surface area contributed by atoms with E-state index in [0.29, 0.717) is 35.9 Å². The van der Waals surface area contributed by atoms with Gasteiger partial charge in [-0.1, -0.05) is 0 Å². The van der Waals surface area contributed by atoms with E-state index in [9.17, 15) is 14.9 Å². The highest BCUT2D eigenvalue weighted by atomic mass is 35.5. The lowest BCUT2D eigenvalue weighted by Crippen LogP contribution is -2.35. The zero-order valence-electron chi connectivity index (χ0n) is 14.4. The molecule has 0 heterocycles. The molecule has 2 N–H and O–H groups in total. The second-order valence-electron chi connectivity index (χ2n) is 5.77. The van der Waals surface area contributed by atoms with Gasteiger partial charge in [-0.3, -0.25) is 14.9 Å². The monoisotopic (exact) mass is 373 g/mol. The van der Waals surface area contributed by atoms with Crippen molar-refractivity contribution < 1.29 is 19.2 Å². The molecule has 0 saturated heterocycles. The van der Waals surface area contributed by atoms with Crippen LogP contribution in [0.25, 0.3) is 0 Å². The van der Waals surface area contributed by atoms with Crippen LogP contribution < -0.4 is 20.1 Å². The number of nitrogens with zero attached hydrogens (tertiary/aromatic N) is 1. The number of halogens is 1. The number of methoxy groups -OCH3 is 2. The Kier molecular flexibility index (Phi) is 8.44. The molecule has 0 radical (unpaired) electrons. The van der Waals surface area contributed by atoms with Crippen molar-refractivity contribution in [3.63, 3.8) is 0 Å². The van der Waals surface area contributed by atoms with E-state index in [2.05, 4.69) is 10.6 Å². The highest BCUT2D eigenvalue weighted by Crippen LogP contribution is 2.34. The van der Waals surface area contributed by atoms with Crippen LogP contribution in [-0.2, 0) is 11.2 Å². The van der Waals surface area contributed by atoms with Crippen molar-refractivity contribution in [2.75, 3.05) is 33.9 Å². The van der Waals surface area contributed by atoms with Crippen LogP contribution in [-0.4, -0.2) is 44.7 Å². The number of hydrogen-bond acceptors (Lipinski definition) is 6. The van der Waals surface area contributed by atoms with Crippen LogP contribution in [0.5, 0.6) is 11.5 Å². The van der Waals surface area contributed by atoms with Gasteiger partial charge in [0.1, 0.15) is 0 Å². The Labute approximate surface area is 152 Å². The summed E-state index contributed by atoms with van der Waals surface area (Å²) in [5, 5.41) is 17.1. The molecule has 1 aromatic carbocycles. The van der Waals surface area contributed by atoms with Crippen LogP contribution in [0.2, 0.25) is 0 Å². The van der Waals surface area contributed by atoms with Gasteiger partial charge in [0.05, 0.1) is 31.8 Å². The molecule has 0 unspecified atom stereocenters. The maximum Gasteiger partial charge on any atom is 0.276 e. The molecule has 1 aliphatic carbocycles. The van der Waals surface area contributed by atoms with Crippen molar-refractivity contribution in [3.05, 3.63) is 27.8 Å². The molecular formula is C16H24ClN3O5.